The van der Waals surface area contributed by atoms with Crippen molar-refractivity contribution in [1.29, 1.82) is 0 Å². The first-order chi connectivity index (χ1) is 6.43. The van der Waals surface area contributed by atoms with Gasteiger partial charge in [-0.3, -0.25) is 9.59 Å². The van der Waals surface area contributed by atoms with Gasteiger partial charge in [0.15, 0.2) is 0 Å². The quantitative estimate of drug-likeness (QED) is 0.454. The van der Waals surface area contributed by atoms with E-state index in [2.05, 4.69) is 0 Å². The van der Waals surface area contributed by atoms with Gasteiger partial charge >= 0.3 is 11.9 Å². The van der Waals surface area contributed by atoms with Crippen molar-refractivity contribution in [3.8, 4) is 0 Å². The largest absolute Gasteiger partial charge is 0.481 e. The molecule has 80 valence electrons. The Morgan fingerprint density at radius 2 is 1.29 bits per heavy atom. The lowest BCUT2D eigenvalue weighted by Gasteiger charge is -2.32. The summed E-state index contributed by atoms with van der Waals surface area (Å²) in [6.45, 7) is 0. The smallest absolute Gasteiger partial charge is 0.309 e. The van der Waals surface area contributed by atoms with Gasteiger partial charge in [-0.2, -0.15) is 0 Å². The van der Waals surface area contributed by atoms with E-state index in [1.807, 2.05) is 0 Å². The van der Waals surface area contributed by atoms with Gasteiger partial charge in [0.1, 0.15) is 0 Å². The van der Waals surface area contributed by atoms with E-state index in [9.17, 15) is 19.8 Å². The second kappa shape index (κ2) is 3.93. The fraction of sp³-hybridized carbons (Fsp3) is 0.750. The van der Waals surface area contributed by atoms with Crippen LogP contribution in [0.5, 0.6) is 0 Å². The first-order valence-electron chi connectivity index (χ1n) is 4.25. The molecule has 1 fully saturated rings. The van der Waals surface area contributed by atoms with Gasteiger partial charge < -0.3 is 20.4 Å². The molecular weight excluding hydrogens is 192 g/mol. The van der Waals surface area contributed by atoms with Crippen LogP contribution in [0.3, 0.4) is 0 Å². The Hall–Kier alpha value is -1.14. The first-order valence-corrected chi connectivity index (χ1v) is 4.25. The first kappa shape index (κ1) is 10.9. The average molecular weight is 204 g/mol. The third kappa shape index (κ3) is 2.02. The van der Waals surface area contributed by atoms with Crippen LogP contribution in [0, 0.1) is 11.8 Å². The number of aliphatic carboxylic acids is 2. The predicted octanol–water partition coefficient (Wildman–Crippen LogP) is -1.10. The normalized spacial score (nSPS) is 37.9. The van der Waals surface area contributed by atoms with Crippen LogP contribution in [-0.2, 0) is 9.59 Å². The zero-order chi connectivity index (χ0) is 10.9. The molecule has 0 heterocycles. The van der Waals surface area contributed by atoms with E-state index in [0.717, 1.165) is 0 Å². The summed E-state index contributed by atoms with van der Waals surface area (Å²) in [6, 6.07) is 0. The molecule has 0 spiro atoms. The highest BCUT2D eigenvalue weighted by molar-refractivity contribution is 5.75. The predicted molar refractivity (Wildman–Crippen MR) is 43.5 cm³/mol. The molecule has 1 aliphatic rings. The molecular formula is C8H12O6. The molecule has 0 aromatic carbocycles. The van der Waals surface area contributed by atoms with Crippen molar-refractivity contribution in [3.63, 3.8) is 0 Å². The number of hydrogen-bond donors (Lipinski definition) is 4. The van der Waals surface area contributed by atoms with Crippen LogP contribution >= 0.6 is 0 Å². The van der Waals surface area contributed by atoms with Gasteiger partial charge in [0.2, 0.25) is 0 Å². The minimum Gasteiger partial charge on any atom is -0.481 e. The molecule has 1 rings (SSSR count). The van der Waals surface area contributed by atoms with E-state index >= 15 is 0 Å². The van der Waals surface area contributed by atoms with Crippen LogP contribution in [-0.4, -0.2) is 44.6 Å². The average Bonchev–Trinajstić information content (AvgIpc) is 2.07. The Labute approximate surface area is 79.8 Å². The molecule has 1 aliphatic carbocycles. The highest BCUT2D eigenvalue weighted by Gasteiger charge is 2.43. The van der Waals surface area contributed by atoms with E-state index < -0.39 is 36.0 Å². The number of rotatable bonds is 2. The van der Waals surface area contributed by atoms with E-state index in [1.165, 1.54) is 0 Å². The third-order valence-corrected chi connectivity index (χ3v) is 2.51. The lowest BCUT2D eigenvalue weighted by Crippen LogP contribution is -2.46. The van der Waals surface area contributed by atoms with Crippen molar-refractivity contribution in [2.45, 2.75) is 25.0 Å². The summed E-state index contributed by atoms with van der Waals surface area (Å²) < 4.78 is 0. The van der Waals surface area contributed by atoms with Crippen LogP contribution in [0.4, 0.5) is 0 Å². The Kier molecular flexibility index (Phi) is 3.07. The molecule has 2 atom stereocenters. The standard InChI is InChI=1S/C8H12O6/c9-3-1-4(7(11)12)6(10)5(2-3)8(13)14/h3-6,9-10H,1-2H2,(H,11,12)(H,13,14). The van der Waals surface area contributed by atoms with Gasteiger partial charge in [-0.1, -0.05) is 0 Å². The molecule has 0 aromatic rings. The van der Waals surface area contributed by atoms with Crippen LogP contribution in [0.15, 0.2) is 0 Å². The van der Waals surface area contributed by atoms with E-state index in [4.69, 9.17) is 10.2 Å². The summed E-state index contributed by atoms with van der Waals surface area (Å²) in [5, 5.41) is 36.0. The number of hydrogen-bond acceptors (Lipinski definition) is 4. The Morgan fingerprint density at radius 1 is 0.929 bits per heavy atom. The van der Waals surface area contributed by atoms with Crippen molar-refractivity contribution >= 4 is 11.9 Å². The van der Waals surface area contributed by atoms with Crippen molar-refractivity contribution in [2.24, 2.45) is 11.8 Å². The molecule has 2 unspecified atom stereocenters. The maximum atomic E-state index is 10.6. The highest BCUT2D eigenvalue weighted by atomic mass is 16.4. The lowest BCUT2D eigenvalue weighted by molar-refractivity contribution is -0.162. The summed E-state index contributed by atoms with van der Waals surface area (Å²) in [6.07, 6.45) is -2.59. The molecule has 6 nitrogen and oxygen atoms in total. The molecule has 0 bridgehead atoms. The molecule has 14 heavy (non-hydrogen) atoms. The topological polar surface area (TPSA) is 115 Å². The van der Waals surface area contributed by atoms with Gasteiger partial charge in [-0.25, -0.2) is 0 Å². The van der Waals surface area contributed by atoms with Gasteiger partial charge in [0, 0.05) is 0 Å². The minimum atomic E-state index is -1.42. The maximum absolute atomic E-state index is 10.6. The van der Waals surface area contributed by atoms with Gasteiger partial charge in [0.25, 0.3) is 0 Å². The zero-order valence-electron chi connectivity index (χ0n) is 7.33. The van der Waals surface area contributed by atoms with Gasteiger partial charge in [-0.15, -0.1) is 0 Å². The minimum absolute atomic E-state index is 0.0969. The van der Waals surface area contributed by atoms with E-state index in [1.54, 1.807) is 0 Å². The summed E-state index contributed by atoms with van der Waals surface area (Å²) in [5.74, 6) is -4.94. The van der Waals surface area contributed by atoms with Crippen LogP contribution in [0.1, 0.15) is 12.8 Å². The monoisotopic (exact) mass is 204 g/mol. The third-order valence-electron chi connectivity index (χ3n) is 2.51. The number of carboxylic acid groups (broad SMARTS) is 2. The molecule has 0 saturated heterocycles. The van der Waals surface area contributed by atoms with Gasteiger partial charge in [0.05, 0.1) is 24.0 Å². The summed E-state index contributed by atoms with van der Waals surface area (Å²) in [5.41, 5.74) is 0. The second-order valence-electron chi connectivity index (χ2n) is 3.51. The van der Waals surface area contributed by atoms with E-state index in [0.29, 0.717) is 0 Å². The molecule has 0 radical (unpaired) electrons. The number of aliphatic hydroxyl groups is 2. The number of carboxylic acids is 2. The summed E-state index contributed by atoms with van der Waals surface area (Å²) in [7, 11) is 0. The van der Waals surface area contributed by atoms with Crippen LogP contribution in [0.2, 0.25) is 0 Å². The number of aliphatic hydroxyl groups excluding tert-OH is 2. The fourth-order valence-electron chi connectivity index (χ4n) is 1.74. The van der Waals surface area contributed by atoms with Crippen molar-refractivity contribution in [2.75, 3.05) is 0 Å². The maximum Gasteiger partial charge on any atom is 0.309 e. The zero-order valence-corrected chi connectivity index (χ0v) is 7.33. The van der Waals surface area contributed by atoms with Crippen molar-refractivity contribution in [1.82, 2.24) is 0 Å². The Morgan fingerprint density at radius 3 is 1.57 bits per heavy atom. The molecule has 1 saturated carbocycles. The van der Waals surface area contributed by atoms with E-state index in [-0.39, 0.29) is 12.8 Å². The van der Waals surface area contributed by atoms with Gasteiger partial charge in [-0.05, 0) is 12.8 Å². The molecule has 0 amide bonds. The second-order valence-corrected chi connectivity index (χ2v) is 3.51. The summed E-state index contributed by atoms with van der Waals surface area (Å²) in [4.78, 5) is 21.2. The molecule has 4 N–H and O–H groups in total. The van der Waals surface area contributed by atoms with Crippen LogP contribution in [0.25, 0.3) is 0 Å². The molecule has 6 heteroatoms. The summed E-state index contributed by atoms with van der Waals surface area (Å²) >= 11 is 0. The number of carbonyl (C=O) groups is 2. The Balaban J connectivity index is 2.80. The highest BCUT2D eigenvalue weighted by Crippen LogP contribution is 2.30. The van der Waals surface area contributed by atoms with Crippen molar-refractivity contribution < 1.29 is 30.0 Å². The Bertz CT molecular complexity index is 226. The SMILES string of the molecule is O=C(O)C1CC(O)CC(C(=O)O)C1O. The van der Waals surface area contributed by atoms with Crippen molar-refractivity contribution in [3.05, 3.63) is 0 Å². The fourth-order valence-corrected chi connectivity index (χ4v) is 1.74. The molecule has 0 aromatic heterocycles. The van der Waals surface area contributed by atoms with Crippen LogP contribution < -0.4 is 0 Å². The lowest BCUT2D eigenvalue weighted by atomic mass is 9.77. The molecule has 0 aliphatic heterocycles.